The number of benzene rings is 1. The Labute approximate surface area is 142 Å². The summed E-state index contributed by atoms with van der Waals surface area (Å²) in [5.74, 6) is -2.02. The lowest BCUT2D eigenvalue weighted by molar-refractivity contribution is -0.307. The highest BCUT2D eigenvalue weighted by Gasteiger charge is 2.28. The van der Waals surface area contributed by atoms with Gasteiger partial charge in [0.05, 0.1) is 16.9 Å². The Morgan fingerprint density at radius 1 is 1.35 bits per heavy atom. The van der Waals surface area contributed by atoms with E-state index in [2.05, 4.69) is 5.32 Å². The monoisotopic (exact) mass is 349 g/mol. The number of rotatable bonds is 4. The van der Waals surface area contributed by atoms with Gasteiger partial charge in [0.1, 0.15) is 4.32 Å². The lowest BCUT2D eigenvalue weighted by Crippen LogP contribution is -2.45. The van der Waals surface area contributed by atoms with Gasteiger partial charge in [-0.3, -0.25) is 14.5 Å². The Morgan fingerprint density at radius 2 is 1.96 bits per heavy atom. The molecule has 1 fully saturated rings. The maximum Gasteiger partial charge on any atom is 0.265 e. The zero-order valence-corrected chi connectivity index (χ0v) is 14.0. The summed E-state index contributed by atoms with van der Waals surface area (Å²) in [5, 5.41) is 12.9. The van der Waals surface area contributed by atoms with Crippen LogP contribution in [0.25, 0.3) is 6.08 Å². The Balaban J connectivity index is 2.11. The minimum Gasteiger partial charge on any atom is -0.548 e. The average Bonchev–Trinajstić information content (AvgIpc) is 2.75. The summed E-state index contributed by atoms with van der Waals surface area (Å²) in [6.07, 6.45) is 1.69. The maximum absolute atomic E-state index is 11.9. The number of thiocarbonyl (C=S) groups is 1. The van der Waals surface area contributed by atoms with Crippen molar-refractivity contribution in [1.82, 2.24) is 10.2 Å². The fourth-order valence-electron chi connectivity index (χ4n) is 1.77. The lowest BCUT2D eigenvalue weighted by atomic mass is 10.1. The van der Waals surface area contributed by atoms with Gasteiger partial charge in [-0.25, -0.2) is 0 Å². The molecule has 0 saturated carbocycles. The van der Waals surface area contributed by atoms with Crippen molar-refractivity contribution in [2.45, 2.75) is 13.0 Å². The van der Waals surface area contributed by atoms with Crippen LogP contribution in [0.5, 0.6) is 0 Å². The number of nitrogens with one attached hydrogen (secondary N) is 1. The van der Waals surface area contributed by atoms with Gasteiger partial charge in [-0.1, -0.05) is 36.1 Å². The molecule has 1 aromatic carbocycles. The number of hydrogen-bond acceptors (Lipinski definition) is 6. The van der Waals surface area contributed by atoms with Gasteiger partial charge in [0, 0.05) is 12.6 Å². The number of hydrogen-bond donors (Lipinski definition) is 1. The van der Waals surface area contributed by atoms with E-state index in [4.69, 9.17) is 12.2 Å². The van der Waals surface area contributed by atoms with Crippen LogP contribution < -0.4 is 10.4 Å². The number of carbonyl (C=O) groups is 3. The smallest absolute Gasteiger partial charge is 0.265 e. The van der Waals surface area contributed by atoms with Crippen LogP contribution in [0.1, 0.15) is 22.8 Å². The SMILES string of the molecule is C[C@H](NC(=O)c1ccc(/C=C2\SC(=S)N(C)C2=O)cc1)C(=O)[O-]. The van der Waals surface area contributed by atoms with E-state index in [1.165, 1.54) is 23.6 Å². The van der Waals surface area contributed by atoms with E-state index in [9.17, 15) is 19.5 Å². The molecule has 1 N–H and O–H groups in total. The van der Waals surface area contributed by atoms with Crippen LogP contribution >= 0.6 is 24.0 Å². The van der Waals surface area contributed by atoms with Gasteiger partial charge in [-0.2, -0.15) is 0 Å². The van der Waals surface area contributed by atoms with E-state index in [0.717, 1.165) is 5.56 Å². The molecule has 0 aliphatic carbocycles. The van der Waals surface area contributed by atoms with Crippen molar-refractivity contribution in [2.75, 3.05) is 7.05 Å². The summed E-state index contributed by atoms with van der Waals surface area (Å²) >= 11 is 6.27. The summed E-state index contributed by atoms with van der Waals surface area (Å²) < 4.78 is 0.494. The van der Waals surface area contributed by atoms with E-state index in [0.29, 0.717) is 14.8 Å². The van der Waals surface area contributed by atoms with Gasteiger partial charge >= 0.3 is 0 Å². The third kappa shape index (κ3) is 3.96. The largest absolute Gasteiger partial charge is 0.548 e. The number of thioether (sulfide) groups is 1. The number of carbonyl (C=O) groups excluding carboxylic acids is 3. The third-order valence-electron chi connectivity index (χ3n) is 3.16. The number of aliphatic carboxylic acids is 1. The quantitative estimate of drug-likeness (QED) is 0.625. The molecular weight excluding hydrogens is 336 g/mol. The van der Waals surface area contributed by atoms with E-state index in [1.54, 1.807) is 37.4 Å². The summed E-state index contributed by atoms with van der Waals surface area (Å²) in [4.78, 5) is 36.3. The highest BCUT2D eigenvalue weighted by atomic mass is 32.2. The van der Waals surface area contributed by atoms with Crippen LogP contribution in [-0.4, -0.2) is 40.1 Å². The normalized spacial score (nSPS) is 17.5. The molecule has 1 heterocycles. The molecule has 1 aliphatic heterocycles. The molecule has 1 aliphatic rings. The molecule has 0 radical (unpaired) electrons. The number of carboxylic acid groups (broad SMARTS) is 1. The van der Waals surface area contributed by atoms with Crippen molar-refractivity contribution >= 4 is 52.2 Å². The maximum atomic E-state index is 11.9. The number of carboxylic acids is 1. The zero-order chi connectivity index (χ0) is 17.1. The van der Waals surface area contributed by atoms with E-state index in [-0.39, 0.29) is 5.91 Å². The van der Waals surface area contributed by atoms with Crippen molar-refractivity contribution in [3.63, 3.8) is 0 Å². The topological polar surface area (TPSA) is 89.5 Å². The first-order chi connectivity index (χ1) is 10.8. The second kappa shape index (κ2) is 6.93. The number of likely N-dealkylation sites (N-methyl/N-ethyl adjacent to an activating group) is 1. The fraction of sp³-hybridized carbons (Fsp3) is 0.200. The Kier molecular flexibility index (Phi) is 5.17. The molecular formula is C15H13N2O4S2-. The lowest BCUT2D eigenvalue weighted by Gasteiger charge is -2.14. The van der Waals surface area contributed by atoms with Crippen molar-refractivity contribution < 1.29 is 19.5 Å². The molecule has 2 rings (SSSR count). The number of nitrogens with zero attached hydrogens (tertiary/aromatic N) is 1. The first-order valence-electron chi connectivity index (χ1n) is 6.63. The predicted molar refractivity (Wildman–Crippen MR) is 89.3 cm³/mol. The summed E-state index contributed by atoms with van der Waals surface area (Å²) in [6, 6.07) is 5.36. The molecule has 0 aromatic heterocycles. The molecule has 0 unspecified atom stereocenters. The molecule has 1 saturated heterocycles. The third-order valence-corrected chi connectivity index (χ3v) is 4.64. The highest BCUT2D eigenvalue weighted by molar-refractivity contribution is 8.26. The standard InChI is InChI=1S/C15H14N2O4S2/c1-8(14(20)21)16-12(18)10-5-3-9(4-6-10)7-11-13(19)17(2)15(22)23-11/h3-8H,1-2H3,(H,16,18)(H,20,21)/p-1/b11-7-/t8-/m0/s1. The molecule has 2 amide bonds. The summed E-state index contributed by atoms with van der Waals surface area (Å²) in [6.45, 7) is 1.33. The fourth-order valence-corrected chi connectivity index (χ4v) is 2.95. The van der Waals surface area contributed by atoms with Gasteiger partial charge in [0.15, 0.2) is 0 Å². The van der Waals surface area contributed by atoms with Gasteiger partial charge in [-0.05, 0) is 30.7 Å². The minimum atomic E-state index is -1.35. The van der Waals surface area contributed by atoms with Gasteiger partial charge in [0.25, 0.3) is 11.8 Å². The van der Waals surface area contributed by atoms with E-state index < -0.39 is 17.9 Å². The molecule has 8 heteroatoms. The van der Waals surface area contributed by atoms with Crippen LogP contribution in [0.3, 0.4) is 0 Å². The van der Waals surface area contributed by atoms with Crippen molar-refractivity contribution in [1.29, 1.82) is 0 Å². The molecule has 23 heavy (non-hydrogen) atoms. The van der Waals surface area contributed by atoms with Gasteiger partial charge in [-0.15, -0.1) is 0 Å². The van der Waals surface area contributed by atoms with Crippen LogP contribution in [0.4, 0.5) is 0 Å². The first kappa shape index (κ1) is 17.2. The van der Waals surface area contributed by atoms with Crippen molar-refractivity contribution in [3.8, 4) is 0 Å². The minimum absolute atomic E-state index is 0.162. The molecule has 0 spiro atoms. The zero-order valence-electron chi connectivity index (χ0n) is 12.4. The Morgan fingerprint density at radius 3 is 2.43 bits per heavy atom. The summed E-state index contributed by atoms with van der Waals surface area (Å²) in [7, 11) is 1.62. The van der Waals surface area contributed by atoms with Crippen LogP contribution in [0, 0.1) is 0 Å². The highest BCUT2D eigenvalue weighted by Crippen LogP contribution is 2.31. The molecule has 1 atom stereocenters. The van der Waals surface area contributed by atoms with Crippen molar-refractivity contribution in [2.24, 2.45) is 0 Å². The average molecular weight is 349 g/mol. The predicted octanol–water partition coefficient (Wildman–Crippen LogP) is 0.386. The van der Waals surface area contributed by atoms with Crippen LogP contribution in [-0.2, 0) is 9.59 Å². The van der Waals surface area contributed by atoms with E-state index in [1.807, 2.05) is 0 Å². The molecule has 6 nitrogen and oxygen atoms in total. The van der Waals surface area contributed by atoms with Crippen LogP contribution in [0.2, 0.25) is 0 Å². The van der Waals surface area contributed by atoms with Crippen LogP contribution in [0.15, 0.2) is 29.2 Å². The number of amides is 2. The van der Waals surface area contributed by atoms with Crippen molar-refractivity contribution in [3.05, 3.63) is 40.3 Å². The molecule has 1 aromatic rings. The Hall–Kier alpha value is -2.19. The Bertz CT molecular complexity index is 713. The first-order valence-corrected chi connectivity index (χ1v) is 7.85. The van der Waals surface area contributed by atoms with Gasteiger partial charge in [0.2, 0.25) is 0 Å². The van der Waals surface area contributed by atoms with E-state index >= 15 is 0 Å². The second-order valence-electron chi connectivity index (χ2n) is 4.88. The van der Waals surface area contributed by atoms with Gasteiger partial charge < -0.3 is 15.2 Å². The second-order valence-corrected chi connectivity index (χ2v) is 6.55. The molecule has 0 bridgehead atoms. The summed E-state index contributed by atoms with van der Waals surface area (Å²) in [5.41, 5.74) is 1.06. The molecule has 120 valence electrons.